The van der Waals surface area contributed by atoms with Crippen LogP contribution in [-0.2, 0) is 4.74 Å². The number of nitrogens with two attached hydrogens (primary N) is 1. The van der Waals surface area contributed by atoms with Crippen LogP contribution in [0, 0.1) is 19.3 Å². The number of piperidine rings is 1. The van der Waals surface area contributed by atoms with E-state index < -0.39 is 17.5 Å². The molecule has 7 nitrogen and oxygen atoms in total. The smallest absolute Gasteiger partial charge is 0.407 e. The Labute approximate surface area is 196 Å². The summed E-state index contributed by atoms with van der Waals surface area (Å²) in [5.74, 6) is 0.0438. The van der Waals surface area contributed by atoms with Crippen molar-refractivity contribution in [3.63, 3.8) is 0 Å². The van der Waals surface area contributed by atoms with Crippen molar-refractivity contribution in [1.82, 2.24) is 10.3 Å². The van der Waals surface area contributed by atoms with Crippen LogP contribution >= 0.6 is 15.9 Å². The number of nitrogens with one attached hydrogen (secondary N) is 1. The predicted octanol–water partition coefficient (Wildman–Crippen LogP) is 5.59. The number of ether oxygens (including phenoxy) is 1. The summed E-state index contributed by atoms with van der Waals surface area (Å²) in [5.41, 5.74) is 8.31. The summed E-state index contributed by atoms with van der Waals surface area (Å²) in [5, 5.41) is 2.92. The Morgan fingerprint density at radius 1 is 1.38 bits per heavy atom. The summed E-state index contributed by atoms with van der Waals surface area (Å²) in [6.45, 7) is 15.7. The normalized spacial score (nSPS) is 14.7. The highest BCUT2D eigenvalue weighted by Crippen LogP contribution is 2.38. The second-order valence-corrected chi connectivity index (χ2v) is 9.62. The molecular formula is C23H27BrFN5O2. The van der Waals surface area contributed by atoms with Crippen LogP contribution in [0.3, 0.4) is 0 Å². The molecule has 1 aromatic heterocycles. The van der Waals surface area contributed by atoms with E-state index in [4.69, 9.17) is 22.0 Å². The number of halogens is 2. The van der Waals surface area contributed by atoms with Gasteiger partial charge in [0.2, 0.25) is 5.69 Å². The molecule has 9 heteroatoms. The molecule has 1 aliphatic rings. The van der Waals surface area contributed by atoms with Crippen molar-refractivity contribution in [3.8, 4) is 11.3 Å². The van der Waals surface area contributed by atoms with Gasteiger partial charge in [0.1, 0.15) is 11.4 Å². The van der Waals surface area contributed by atoms with Crippen LogP contribution in [0.5, 0.6) is 0 Å². The van der Waals surface area contributed by atoms with Crippen molar-refractivity contribution in [1.29, 1.82) is 0 Å². The fourth-order valence-corrected chi connectivity index (χ4v) is 4.10. The third-order valence-corrected chi connectivity index (χ3v) is 6.23. The van der Waals surface area contributed by atoms with E-state index in [0.29, 0.717) is 40.3 Å². The van der Waals surface area contributed by atoms with Crippen LogP contribution in [-0.4, -0.2) is 35.8 Å². The number of aromatic nitrogens is 1. The minimum Gasteiger partial charge on any atom is -0.444 e. The average Bonchev–Trinajstić information content (AvgIpc) is 2.71. The fraction of sp³-hybridized carbons (Fsp3) is 0.435. The number of amides is 1. The maximum atomic E-state index is 14.2. The Kier molecular flexibility index (Phi) is 6.94. The lowest BCUT2D eigenvalue weighted by atomic mass is 10.0. The number of nitrogens with zero attached hydrogens (tertiary/aromatic N) is 3. The zero-order valence-electron chi connectivity index (χ0n) is 18.6. The number of nitrogen functional groups attached to an aromatic ring is 1. The van der Waals surface area contributed by atoms with E-state index in [-0.39, 0.29) is 11.7 Å². The molecule has 1 amide bonds. The number of alkyl carbamates (subject to hydrolysis) is 1. The van der Waals surface area contributed by atoms with Gasteiger partial charge in [-0.05, 0) is 68.1 Å². The van der Waals surface area contributed by atoms with E-state index >= 15 is 0 Å². The van der Waals surface area contributed by atoms with Gasteiger partial charge in [-0.1, -0.05) is 12.1 Å². The number of hydrogen-bond donors (Lipinski definition) is 2. The van der Waals surface area contributed by atoms with Gasteiger partial charge in [-0.2, -0.15) is 0 Å². The molecule has 1 saturated heterocycles. The van der Waals surface area contributed by atoms with Crippen molar-refractivity contribution >= 4 is 39.2 Å². The van der Waals surface area contributed by atoms with Crippen LogP contribution in [0.1, 0.15) is 39.2 Å². The third kappa shape index (κ3) is 5.30. The molecule has 3 rings (SSSR count). The molecule has 0 unspecified atom stereocenters. The zero-order chi connectivity index (χ0) is 23.6. The molecular weight excluding hydrogens is 477 g/mol. The molecule has 0 saturated carbocycles. The van der Waals surface area contributed by atoms with Gasteiger partial charge in [-0.15, -0.1) is 0 Å². The Morgan fingerprint density at radius 3 is 2.59 bits per heavy atom. The first-order valence-electron chi connectivity index (χ1n) is 10.4. The van der Waals surface area contributed by atoms with Gasteiger partial charge < -0.3 is 20.7 Å². The average molecular weight is 504 g/mol. The number of hydrogen-bond acceptors (Lipinski definition) is 5. The molecule has 0 atom stereocenters. The van der Waals surface area contributed by atoms with E-state index in [1.807, 2.05) is 27.7 Å². The summed E-state index contributed by atoms with van der Waals surface area (Å²) >= 11 is 3.54. The standard InChI is InChI=1S/C23H27BrFN5O2/c1-13-18(24)20(14-6-7-17(27-5)16(25)12-14)29-21(19(13)26)30-10-8-15(9-11-30)28-22(31)32-23(2,3)4/h6-7,12,15H,8-11,26H2,1-4H3,(H,28,31). The molecule has 32 heavy (non-hydrogen) atoms. The third-order valence-electron chi connectivity index (χ3n) is 5.26. The molecule has 0 radical (unpaired) electrons. The van der Waals surface area contributed by atoms with Crippen LogP contribution in [0.25, 0.3) is 16.1 Å². The van der Waals surface area contributed by atoms with Crippen LogP contribution < -0.4 is 16.0 Å². The number of rotatable bonds is 3. The van der Waals surface area contributed by atoms with Crippen molar-refractivity contribution in [2.24, 2.45) is 0 Å². The summed E-state index contributed by atoms with van der Waals surface area (Å²) in [7, 11) is 0. The van der Waals surface area contributed by atoms with Gasteiger partial charge in [-0.25, -0.2) is 19.0 Å². The van der Waals surface area contributed by atoms with Crippen molar-refractivity contribution in [2.45, 2.75) is 52.2 Å². The predicted molar refractivity (Wildman–Crippen MR) is 127 cm³/mol. The molecule has 2 aromatic rings. The number of carbonyl (C=O) groups is 1. The Hall–Kier alpha value is -2.86. The Balaban J connectivity index is 1.80. The molecule has 0 aliphatic carbocycles. The first-order chi connectivity index (χ1) is 15.0. The number of benzene rings is 1. The second-order valence-electron chi connectivity index (χ2n) is 8.82. The maximum Gasteiger partial charge on any atom is 0.407 e. The zero-order valence-corrected chi connectivity index (χ0v) is 20.2. The van der Waals surface area contributed by atoms with Crippen molar-refractivity contribution in [2.75, 3.05) is 23.7 Å². The lowest BCUT2D eigenvalue weighted by Crippen LogP contribution is -2.46. The molecule has 1 fully saturated rings. The minimum absolute atomic E-state index is 0.00797. The molecule has 0 bridgehead atoms. The fourth-order valence-electron chi connectivity index (χ4n) is 3.57. The molecule has 0 spiro atoms. The van der Waals surface area contributed by atoms with E-state index in [0.717, 1.165) is 18.4 Å². The molecule has 1 aliphatic heterocycles. The first-order valence-corrected chi connectivity index (χ1v) is 11.2. The van der Waals surface area contributed by atoms with Crippen molar-refractivity contribution in [3.05, 3.63) is 45.5 Å². The van der Waals surface area contributed by atoms with Crippen LogP contribution in [0.15, 0.2) is 22.7 Å². The summed E-state index contributed by atoms with van der Waals surface area (Å²) in [6.07, 6.45) is 1.03. The number of pyridine rings is 1. The van der Waals surface area contributed by atoms with Gasteiger partial charge in [0.15, 0.2) is 5.82 Å². The SMILES string of the molecule is [C-]#[N+]c1ccc(-c2nc(N3CCC(NC(=O)OC(C)(C)C)CC3)c(N)c(C)c2Br)cc1F. The van der Waals surface area contributed by atoms with Crippen molar-refractivity contribution < 1.29 is 13.9 Å². The number of anilines is 2. The lowest BCUT2D eigenvalue weighted by molar-refractivity contribution is 0.0497. The Bertz CT molecular complexity index is 1070. The van der Waals surface area contributed by atoms with E-state index in [9.17, 15) is 9.18 Å². The summed E-state index contributed by atoms with van der Waals surface area (Å²) < 4.78 is 20.2. The second kappa shape index (κ2) is 9.33. The minimum atomic E-state index is -0.587. The van der Waals surface area contributed by atoms with Gasteiger partial charge in [0.05, 0.1) is 18.0 Å². The highest BCUT2D eigenvalue weighted by molar-refractivity contribution is 9.10. The van der Waals surface area contributed by atoms with Gasteiger partial charge >= 0.3 is 6.09 Å². The Morgan fingerprint density at radius 2 is 2.03 bits per heavy atom. The largest absolute Gasteiger partial charge is 0.444 e. The molecule has 170 valence electrons. The summed E-state index contributed by atoms with van der Waals surface area (Å²) in [6, 6.07) is 4.45. The summed E-state index contributed by atoms with van der Waals surface area (Å²) in [4.78, 5) is 22.1. The number of carbonyl (C=O) groups excluding carboxylic acids is 1. The van der Waals surface area contributed by atoms with Gasteiger partial charge in [0, 0.05) is 29.2 Å². The quantitative estimate of drug-likeness (QED) is 0.533. The van der Waals surface area contributed by atoms with Crippen LogP contribution in [0.2, 0.25) is 0 Å². The maximum absolute atomic E-state index is 14.2. The highest BCUT2D eigenvalue weighted by atomic mass is 79.9. The van der Waals surface area contributed by atoms with Gasteiger partial charge in [0.25, 0.3) is 0 Å². The molecule has 3 N–H and O–H groups in total. The first kappa shape index (κ1) is 23.8. The lowest BCUT2D eigenvalue weighted by Gasteiger charge is -2.34. The van der Waals surface area contributed by atoms with E-state index in [1.54, 1.807) is 6.07 Å². The molecule has 2 heterocycles. The van der Waals surface area contributed by atoms with E-state index in [1.165, 1.54) is 12.1 Å². The van der Waals surface area contributed by atoms with Gasteiger partial charge in [-0.3, -0.25) is 0 Å². The topological polar surface area (TPSA) is 84.8 Å². The van der Waals surface area contributed by atoms with E-state index in [2.05, 4.69) is 31.0 Å². The van der Waals surface area contributed by atoms with Crippen LogP contribution in [0.4, 0.5) is 26.4 Å². The monoisotopic (exact) mass is 503 g/mol. The highest BCUT2D eigenvalue weighted by Gasteiger charge is 2.26. The molecule has 1 aromatic carbocycles.